The van der Waals surface area contributed by atoms with Gasteiger partial charge in [-0.3, -0.25) is 10.8 Å². The third-order valence-corrected chi connectivity index (χ3v) is 3.45. The Balaban J connectivity index is 2.40. The lowest BCUT2D eigenvalue weighted by atomic mass is 10.0. The summed E-state index contributed by atoms with van der Waals surface area (Å²) in [5, 5.41) is 2.12. The van der Waals surface area contributed by atoms with Crippen LogP contribution in [0.3, 0.4) is 0 Å². The maximum Gasteiger partial charge on any atom is 0.0892 e. The van der Waals surface area contributed by atoms with Crippen LogP contribution < -0.4 is 11.3 Å². The number of hydrogen-bond donors (Lipinski definition) is 2. The number of nitrogens with zero attached hydrogens (tertiary/aromatic N) is 1. The second-order valence-electron chi connectivity index (χ2n) is 3.80. The number of pyridine rings is 1. The number of nitrogens with one attached hydrogen (secondary N) is 1. The molecule has 0 saturated heterocycles. The molecule has 2 heterocycles. The molecule has 2 rings (SSSR count). The highest BCUT2D eigenvalue weighted by Crippen LogP contribution is 2.25. The normalized spacial score (nSPS) is 12.7. The quantitative estimate of drug-likeness (QED) is 0.632. The van der Waals surface area contributed by atoms with Crippen LogP contribution in [-0.2, 0) is 0 Å². The molecule has 0 fully saturated rings. The van der Waals surface area contributed by atoms with Gasteiger partial charge < -0.3 is 0 Å². The topological polar surface area (TPSA) is 50.9 Å². The van der Waals surface area contributed by atoms with Crippen LogP contribution in [0, 0.1) is 13.8 Å². The van der Waals surface area contributed by atoms with Crippen LogP contribution in [0.1, 0.15) is 27.7 Å². The Hall–Kier alpha value is -1.23. The molecule has 0 aromatic carbocycles. The minimum atomic E-state index is -0.0221. The molecule has 0 bridgehead atoms. The predicted octanol–water partition coefficient (Wildman–Crippen LogP) is 2.31. The van der Waals surface area contributed by atoms with Crippen molar-refractivity contribution < 1.29 is 0 Å². The Morgan fingerprint density at radius 1 is 1.44 bits per heavy atom. The van der Waals surface area contributed by atoms with E-state index in [0.29, 0.717) is 0 Å². The first-order valence-electron chi connectivity index (χ1n) is 5.15. The first-order chi connectivity index (χ1) is 7.72. The van der Waals surface area contributed by atoms with Crippen molar-refractivity contribution in [1.82, 2.24) is 10.4 Å². The Morgan fingerprint density at radius 2 is 2.25 bits per heavy atom. The molecular weight excluding hydrogens is 218 g/mol. The molecule has 2 aromatic heterocycles. The van der Waals surface area contributed by atoms with Crippen LogP contribution in [0.4, 0.5) is 0 Å². The number of hydrogen-bond acceptors (Lipinski definition) is 4. The Morgan fingerprint density at radius 3 is 2.81 bits per heavy atom. The summed E-state index contributed by atoms with van der Waals surface area (Å²) < 4.78 is 0. The van der Waals surface area contributed by atoms with Crippen molar-refractivity contribution >= 4 is 11.3 Å². The van der Waals surface area contributed by atoms with E-state index in [-0.39, 0.29) is 6.04 Å². The number of nitrogens with two attached hydrogens (primary N) is 1. The second-order valence-corrected chi connectivity index (χ2v) is 4.91. The molecule has 0 aliphatic rings. The monoisotopic (exact) mass is 233 g/mol. The summed E-state index contributed by atoms with van der Waals surface area (Å²) >= 11 is 1.73. The van der Waals surface area contributed by atoms with Crippen molar-refractivity contribution in [3.63, 3.8) is 0 Å². The van der Waals surface area contributed by atoms with E-state index in [4.69, 9.17) is 5.84 Å². The van der Waals surface area contributed by atoms with Crippen molar-refractivity contribution in [3.05, 3.63) is 51.5 Å². The van der Waals surface area contributed by atoms with Crippen LogP contribution in [0.15, 0.2) is 29.8 Å². The molecule has 0 radical (unpaired) electrons. The molecule has 1 atom stereocenters. The summed E-state index contributed by atoms with van der Waals surface area (Å²) in [6.45, 7) is 4.14. The fraction of sp³-hybridized carbons (Fsp3) is 0.250. The van der Waals surface area contributed by atoms with Crippen LogP contribution in [-0.4, -0.2) is 4.98 Å². The smallest absolute Gasteiger partial charge is 0.0892 e. The molecule has 0 spiro atoms. The average Bonchev–Trinajstić information content (AvgIpc) is 2.69. The van der Waals surface area contributed by atoms with Gasteiger partial charge in [-0.05, 0) is 42.5 Å². The predicted molar refractivity (Wildman–Crippen MR) is 67.2 cm³/mol. The molecule has 0 aliphatic heterocycles. The molecule has 0 saturated carbocycles. The van der Waals surface area contributed by atoms with Gasteiger partial charge in [-0.15, -0.1) is 11.3 Å². The van der Waals surface area contributed by atoms with E-state index in [1.165, 1.54) is 10.4 Å². The van der Waals surface area contributed by atoms with Gasteiger partial charge in [-0.1, -0.05) is 6.07 Å². The highest BCUT2D eigenvalue weighted by molar-refractivity contribution is 7.10. The number of aryl methyl sites for hydroxylation is 2. The first kappa shape index (κ1) is 11.3. The molecular formula is C12H15N3S. The summed E-state index contributed by atoms with van der Waals surface area (Å²) in [7, 11) is 0. The molecule has 1 unspecified atom stereocenters. The number of thiophene rings is 1. The molecule has 0 amide bonds. The van der Waals surface area contributed by atoms with Gasteiger partial charge in [-0.2, -0.15) is 0 Å². The Bertz CT molecular complexity index is 479. The van der Waals surface area contributed by atoms with E-state index in [1.807, 2.05) is 19.1 Å². The van der Waals surface area contributed by atoms with E-state index in [0.717, 1.165) is 11.3 Å². The minimum absolute atomic E-state index is 0.0221. The van der Waals surface area contributed by atoms with Crippen LogP contribution in [0.25, 0.3) is 0 Å². The highest BCUT2D eigenvalue weighted by atomic mass is 32.1. The van der Waals surface area contributed by atoms with Crippen molar-refractivity contribution in [3.8, 4) is 0 Å². The van der Waals surface area contributed by atoms with Crippen LogP contribution in [0.5, 0.6) is 0 Å². The fourth-order valence-corrected chi connectivity index (χ4v) is 2.48. The summed E-state index contributed by atoms with van der Waals surface area (Å²) in [4.78, 5) is 5.68. The van der Waals surface area contributed by atoms with Gasteiger partial charge in [-0.25, -0.2) is 5.43 Å². The standard InChI is InChI=1S/C12H15N3S/c1-8-4-3-5-14-11(8)12(15-13)10-6-9(2)16-7-10/h3-7,12,15H,13H2,1-2H3. The fourth-order valence-electron chi connectivity index (χ4n) is 1.75. The molecule has 3 N–H and O–H groups in total. The van der Waals surface area contributed by atoms with E-state index in [2.05, 4.69) is 28.8 Å². The van der Waals surface area contributed by atoms with Gasteiger partial charge in [0.2, 0.25) is 0 Å². The lowest BCUT2D eigenvalue weighted by Crippen LogP contribution is -2.29. The SMILES string of the molecule is Cc1cc(C(NN)c2ncccc2C)cs1. The van der Waals surface area contributed by atoms with Crippen molar-refractivity contribution in [1.29, 1.82) is 0 Å². The highest BCUT2D eigenvalue weighted by Gasteiger charge is 2.16. The zero-order chi connectivity index (χ0) is 11.5. The molecule has 84 valence electrons. The first-order valence-corrected chi connectivity index (χ1v) is 6.03. The second kappa shape index (κ2) is 4.74. The van der Waals surface area contributed by atoms with E-state index in [9.17, 15) is 0 Å². The molecule has 16 heavy (non-hydrogen) atoms. The number of aromatic nitrogens is 1. The van der Waals surface area contributed by atoms with Crippen molar-refractivity contribution in [2.45, 2.75) is 19.9 Å². The molecule has 2 aromatic rings. The van der Waals surface area contributed by atoms with E-state index in [1.54, 1.807) is 17.5 Å². The zero-order valence-corrected chi connectivity index (χ0v) is 10.2. The molecule has 4 heteroatoms. The third-order valence-electron chi connectivity index (χ3n) is 2.57. The maximum atomic E-state index is 5.63. The van der Waals surface area contributed by atoms with Crippen molar-refractivity contribution in [2.24, 2.45) is 5.84 Å². The Kier molecular flexibility index (Phi) is 3.33. The zero-order valence-electron chi connectivity index (χ0n) is 9.40. The van der Waals surface area contributed by atoms with Gasteiger partial charge in [0, 0.05) is 11.1 Å². The van der Waals surface area contributed by atoms with Gasteiger partial charge >= 0.3 is 0 Å². The van der Waals surface area contributed by atoms with Crippen LogP contribution in [0.2, 0.25) is 0 Å². The van der Waals surface area contributed by atoms with Crippen molar-refractivity contribution in [2.75, 3.05) is 0 Å². The van der Waals surface area contributed by atoms with Crippen LogP contribution >= 0.6 is 11.3 Å². The summed E-state index contributed by atoms with van der Waals surface area (Å²) in [6.07, 6.45) is 1.80. The number of rotatable bonds is 3. The van der Waals surface area contributed by atoms with Gasteiger partial charge in [0.1, 0.15) is 0 Å². The summed E-state index contributed by atoms with van der Waals surface area (Å²) in [5.41, 5.74) is 6.14. The van der Waals surface area contributed by atoms with E-state index >= 15 is 0 Å². The lowest BCUT2D eigenvalue weighted by Gasteiger charge is -2.15. The molecule has 0 aliphatic carbocycles. The largest absolute Gasteiger partial charge is 0.271 e. The lowest BCUT2D eigenvalue weighted by molar-refractivity contribution is 0.618. The third kappa shape index (κ3) is 2.14. The molecule has 3 nitrogen and oxygen atoms in total. The van der Waals surface area contributed by atoms with E-state index < -0.39 is 0 Å². The van der Waals surface area contributed by atoms with Gasteiger partial charge in [0.25, 0.3) is 0 Å². The minimum Gasteiger partial charge on any atom is -0.271 e. The summed E-state index contributed by atoms with van der Waals surface area (Å²) in [6, 6.07) is 6.10. The summed E-state index contributed by atoms with van der Waals surface area (Å²) in [5.74, 6) is 5.63. The van der Waals surface area contributed by atoms with Gasteiger partial charge in [0.15, 0.2) is 0 Å². The number of hydrazine groups is 1. The van der Waals surface area contributed by atoms with Gasteiger partial charge in [0.05, 0.1) is 11.7 Å². The Labute approximate surface area is 99.3 Å². The average molecular weight is 233 g/mol. The maximum absolute atomic E-state index is 5.63.